The van der Waals surface area contributed by atoms with Gasteiger partial charge in [0.25, 0.3) is 0 Å². The number of aromatic nitrogens is 2. The zero-order chi connectivity index (χ0) is 20.1. The SMILES string of the molecule is Cn1c(=O)n(-c2cccc(C(F)(F)F)c2)c2ccc(-c3ccccc3N)cc21. The minimum absolute atomic E-state index is 0.164. The molecule has 0 bridgehead atoms. The molecule has 4 rings (SSSR count). The summed E-state index contributed by atoms with van der Waals surface area (Å²) in [5.41, 5.74) is 8.34. The molecule has 2 N–H and O–H groups in total. The Bertz CT molecular complexity index is 1250. The van der Waals surface area contributed by atoms with E-state index in [1.807, 2.05) is 24.3 Å². The molecule has 0 atom stereocenters. The third-order valence-corrected chi connectivity index (χ3v) is 4.76. The summed E-state index contributed by atoms with van der Waals surface area (Å²) in [6.07, 6.45) is -4.48. The standard InChI is InChI=1S/C21H16F3N3O/c1-26-19-11-13(16-7-2-3-8-17(16)25)9-10-18(19)27(20(26)28)15-6-4-5-14(12-15)21(22,23)24/h2-12H,25H2,1H3. The van der Waals surface area contributed by atoms with Gasteiger partial charge in [-0.25, -0.2) is 4.79 Å². The minimum Gasteiger partial charge on any atom is -0.398 e. The predicted octanol–water partition coefficient (Wildman–Crippen LogP) is 4.60. The first-order valence-corrected chi connectivity index (χ1v) is 8.51. The second kappa shape index (κ2) is 6.30. The largest absolute Gasteiger partial charge is 0.416 e. The molecule has 28 heavy (non-hydrogen) atoms. The molecule has 0 saturated carbocycles. The van der Waals surface area contributed by atoms with Gasteiger partial charge >= 0.3 is 11.9 Å². The van der Waals surface area contributed by atoms with Crippen LogP contribution in [0.25, 0.3) is 27.8 Å². The average Bonchev–Trinajstić information content (AvgIpc) is 2.92. The van der Waals surface area contributed by atoms with E-state index in [2.05, 4.69) is 0 Å². The molecule has 0 spiro atoms. The van der Waals surface area contributed by atoms with Crippen molar-refractivity contribution in [1.82, 2.24) is 9.13 Å². The molecule has 4 nitrogen and oxygen atoms in total. The van der Waals surface area contributed by atoms with Crippen LogP contribution in [0.3, 0.4) is 0 Å². The van der Waals surface area contributed by atoms with E-state index in [1.54, 1.807) is 25.2 Å². The van der Waals surface area contributed by atoms with Crippen molar-refractivity contribution in [3.8, 4) is 16.8 Å². The number of imidazole rings is 1. The molecule has 4 aromatic rings. The molecule has 0 saturated heterocycles. The van der Waals surface area contributed by atoms with Gasteiger partial charge in [0, 0.05) is 18.3 Å². The number of aryl methyl sites for hydroxylation is 1. The van der Waals surface area contributed by atoms with Gasteiger partial charge in [-0.15, -0.1) is 0 Å². The third kappa shape index (κ3) is 2.85. The quantitative estimate of drug-likeness (QED) is 0.515. The number of nitrogens with two attached hydrogens (primary N) is 1. The monoisotopic (exact) mass is 383 g/mol. The lowest BCUT2D eigenvalue weighted by molar-refractivity contribution is -0.137. The Hall–Kier alpha value is -3.48. The van der Waals surface area contributed by atoms with E-state index in [0.717, 1.165) is 23.3 Å². The molecule has 0 radical (unpaired) electrons. The summed E-state index contributed by atoms with van der Waals surface area (Å²) >= 11 is 0. The lowest BCUT2D eigenvalue weighted by Gasteiger charge is -2.10. The van der Waals surface area contributed by atoms with Crippen LogP contribution >= 0.6 is 0 Å². The predicted molar refractivity (Wildman–Crippen MR) is 103 cm³/mol. The summed E-state index contributed by atoms with van der Waals surface area (Å²) in [6.45, 7) is 0. The smallest absolute Gasteiger partial charge is 0.398 e. The van der Waals surface area contributed by atoms with Crippen molar-refractivity contribution in [3.05, 3.63) is 82.8 Å². The maximum Gasteiger partial charge on any atom is 0.416 e. The van der Waals surface area contributed by atoms with E-state index in [4.69, 9.17) is 5.73 Å². The molecule has 142 valence electrons. The number of anilines is 1. The van der Waals surface area contributed by atoms with Gasteiger partial charge in [0.05, 0.1) is 22.3 Å². The molecule has 0 aliphatic rings. The van der Waals surface area contributed by atoms with Gasteiger partial charge in [0.15, 0.2) is 0 Å². The van der Waals surface area contributed by atoms with Crippen LogP contribution in [0.15, 0.2) is 71.5 Å². The summed E-state index contributed by atoms with van der Waals surface area (Å²) in [4.78, 5) is 12.8. The number of nitrogen functional groups attached to an aromatic ring is 1. The average molecular weight is 383 g/mol. The van der Waals surface area contributed by atoms with Crippen LogP contribution in [-0.2, 0) is 13.2 Å². The number of rotatable bonds is 2. The molecule has 0 aliphatic heterocycles. The molecule has 0 amide bonds. The molecular weight excluding hydrogens is 367 g/mol. The van der Waals surface area contributed by atoms with Gasteiger partial charge in [-0.3, -0.25) is 9.13 Å². The van der Waals surface area contributed by atoms with Gasteiger partial charge in [0.1, 0.15) is 0 Å². The van der Waals surface area contributed by atoms with Crippen LogP contribution in [0, 0.1) is 0 Å². The second-order valence-corrected chi connectivity index (χ2v) is 6.52. The van der Waals surface area contributed by atoms with Crippen LogP contribution in [0.4, 0.5) is 18.9 Å². The summed E-state index contributed by atoms with van der Waals surface area (Å²) in [5.74, 6) is 0. The number of para-hydroxylation sites is 1. The van der Waals surface area contributed by atoms with Gasteiger partial charge in [-0.1, -0.05) is 30.3 Å². The number of hydrogen-bond donors (Lipinski definition) is 1. The van der Waals surface area contributed by atoms with Crippen molar-refractivity contribution in [2.75, 3.05) is 5.73 Å². The number of hydrogen-bond acceptors (Lipinski definition) is 2. The minimum atomic E-state index is -4.48. The zero-order valence-electron chi connectivity index (χ0n) is 14.9. The van der Waals surface area contributed by atoms with Gasteiger partial charge in [-0.05, 0) is 42.0 Å². The zero-order valence-corrected chi connectivity index (χ0v) is 14.9. The molecule has 3 aromatic carbocycles. The topological polar surface area (TPSA) is 53.0 Å². The lowest BCUT2D eigenvalue weighted by Crippen LogP contribution is -2.21. The van der Waals surface area contributed by atoms with Gasteiger partial charge in [-0.2, -0.15) is 13.2 Å². The van der Waals surface area contributed by atoms with Crippen molar-refractivity contribution in [2.24, 2.45) is 7.05 Å². The Labute approximate surface area is 158 Å². The molecule has 1 aromatic heterocycles. The van der Waals surface area contributed by atoms with Crippen LogP contribution in [-0.4, -0.2) is 9.13 Å². The fraction of sp³-hybridized carbons (Fsp3) is 0.0952. The Morgan fingerprint density at radius 2 is 1.64 bits per heavy atom. The van der Waals surface area contributed by atoms with Crippen LogP contribution in [0.1, 0.15) is 5.56 Å². The van der Waals surface area contributed by atoms with E-state index >= 15 is 0 Å². The normalized spacial score (nSPS) is 11.9. The van der Waals surface area contributed by atoms with E-state index < -0.39 is 17.4 Å². The van der Waals surface area contributed by atoms with Crippen molar-refractivity contribution in [3.63, 3.8) is 0 Å². The summed E-state index contributed by atoms with van der Waals surface area (Å²) < 4.78 is 41.9. The molecule has 0 aliphatic carbocycles. The highest BCUT2D eigenvalue weighted by Crippen LogP contribution is 2.32. The second-order valence-electron chi connectivity index (χ2n) is 6.52. The number of nitrogens with zero attached hydrogens (tertiary/aromatic N) is 2. The lowest BCUT2D eigenvalue weighted by atomic mass is 10.0. The van der Waals surface area contributed by atoms with Crippen LogP contribution in [0.5, 0.6) is 0 Å². The Morgan fingerprint density at radius 3 is 2.36 bits per heavy atom. The molecule has 0 unspecified atom stereocenters. The van der Waals surface area contributed by atoms with Crippen molar-refractivity contribution < 1.29 is 13.2 Å². The van der Waals surface area contributed by atoms with E-state index in [-0.39, 0.29) is 5.69 Å². The fourth-order valence-electron chi connectivity index (χ4n) is 3.34. The van der Waals surface area contributed by atoms with Crippen LogP contribution < -0.4 is 11.4 Å². The highest BCUT2D eigenvalue weighted by atomic mass is 19.4. The number of benzene rings is 3. The van der Waals surface area contributed by atoms with E-state index in [1.165, 1.54) is 21.3 Å². The highest BCUT2D eigenvalue weighted by Gasteiger charge is 2.30. The molecule has 7 heteroatoms. The van der Waals surface area contributed by atoms with Crippen molar-refractivity contribution in [1.29, 1.82) is 0 Å². The molecule has 0 fully saturated rings. The number of fused-ring (bicyclic) bond motifs is 1. The summed E-state index contributed by atoms with van der Waals surface area (Å²) in [6, 6.07) is 17.4. The number of alkyl halides is 3. The third-order valence-electron chi connectivity index (χ3n) is 4.76. The van der Waals surface area contributed by atoms with Gasteiger partial charge < -0.3 is 5.73 Å². The first-order valence-electron chi connectivity index (χ1n) is 8.51. The molecule has 1 heterocycles. The summed E-state index contributed by atoms with van der Waals surface area (Å²) in [7, 11) is 1.59. The van der Waals surface area contributed by atoms with Crippen LogP contribution in [0.2, 0.25) is 0 Å². The van der Waals surface area contributed by atoms with Crippen molar-refractivity contribution >= 4 is 16.7 Å². The first kappa shape index (κ1) is 17.9. The van der Waals surface area contributed by atoms with E-state index in [0.29, 0.717) is 16.7 Å². The maximum atomic E-state index is 13.1. The Balaban J connectivity index is 1.94. The Kier molecular flexibility index (Phi) is 4.03. The number of halogens is 3. The van der Waals surface area contributed by atoms with Crippen molar-refractivity contribution in [2.45, 2.75) is 6.18 Å². The fourth-order valence-corrected chi connectivity index (χ4v) is 3.34. The maximum absolute atomic E-state index is 13.1. The summed E-state index contributed by atoms with van der Waals surface area (Å²) in [5, 5.41) is 0. The highest BCUT2D eigenvalue weighted by molar-refractivity contribution is 5.87. The first-order chi connectivity index (χ1) is 13.3. The van der Waals surface area contributed by atoms with Gasteiger partial charge in [0.2, 0.25) is 0 Å². The van der Waals surface area contributed by atoms with E-state index in [9.17, 15) is 18.0 Å². The molecular formula is C21H16F3N3O. The Morgan fingerprint density at radius 1 is 0.893 bits per heavy atom.